The molecule has 1 saturated carbocycles. The van der Waals surface area contributed by atoms with Crippen molar-refractivity contribution in [1.82, 2.24) is 25.5 Å². The highest BCUT2D eigenvalue weighted by molar-refractivity contribution is 5.90. The molecule has 1 fully saturated rings. The molecule has 0 spiro atoms. The number of rotatable bonds is 4. The number of amides is 2. The summed E-state index contributed by atoms with van der Waals surface area (Å²) >= 11 is 0. The largest absolute Gasteiger partial charge is 0.494 e. The normalized spacial score (nSPS) is 20.1. The van der Waals surface area contributed by atoms with Crippen LogP contribution in [0, 0.1) is 12.8 Å². The van der Waals surface area contributed by atoms with Gasteiger partial charge in [-0.25, -0.2) is 4.79 Å². The molecule has 1 aliphatic rings. The summed E-state index contributed by atoms with van der Waals surface area (Å²) in [5.74, 6) is 1.77. The van der Waals surface area contributed by atoms with Crippen LogP contribution in [0.15, 0.2) is 18.2 Å². The van der Waals surface area contributed by atoms with E-state index in [1.165, 1.54) is 12.8 Å². The van der Waals surface area contributed by atoms with Gasteiger partial charge in [-0.05, 0) is 54.3 Å². The van der Waals surface area contributed by atoms with Gasteiger partial charge in [0.15, 0.2) is 5.82 Å². The lowest BCUT2D eigenvalue weighted by Gasteiger charge is -2.29. The van der Waals surface area contributed by atoms with Crippen LogP contribution in [0.2, 0.25) is 0 Å². The number of hydrogen-bond donors (Lipinski definition) is 2. The molecule has 2 N–H and O–H groups in total. The van der Waals surface area contributed by atoms with Gasteiger partial charge >= 0.3 is 6.03 Å². The van der Waals surface area contributed by atoms with Gasteiger partial charge in [0.1, 0.15) is 11.4 Å². The first-order valence-electron chi connectivity index (χ1n) is 8.59. The molecule has 1 heterocycles. The minimum absolute atomic E-state index is 0.191. The van der Waals surface area contributed by atoms with Crippen molar-refractivity contribution in [2.45, 2.75) is 45.6 Å². The van der Waals surface area contributed by atoms with E-state index in [1.54, 1.807) is 36.9 Å². The third-order valence-electron chi connectivity index (χ3n) is 4.72. The number of aromatic nitrogens is 4. The maximum absolute atomic E-state index is 12.3. The molecule has 8 heteroatoms. The van der Waals surface area contributed by atoms with Crippen LogP contribution in [-0.2, 0) is 0 Å². The fourth-order valence-electron chi connectivity index (χ4n) is 3.25. The summed E-state index contributed by atoms with van der Waals surface area (Å²) in [5, 5.41) is 17.5. The van der Waals surface area contributed by atoms with Crippen molar-refractivity contribution in [2.24, 2.45) is 5.92 Å². The predicted octanol–water partition coefficient (Wildman–Crippen LogP) is 2.68. The zero-order chi connectivity index (χ0) is 17.8. The van der Waals surface area contributed by atoms with Crippen LogP contribution >= 0.6 is 0 Å². The molecule has 0 aliphatic heterocycles. The fraction of sp³-hybridized carbons (Fsp3) is 0.529. The van der Waals surface area contributed by atoms with E-state index in [0.717, 1.165) is 12.8 Å². The number of aryl methyl sites for hydroxylation is 1. The average molecular weight is 344 g/mol. The van der Waals surface area contributed by atoms with Crippen LogP contribution in [0.25, 0.3) is 5.69 Å². The molecular formula is C17H24N6O2. The number of ether oxygens (including phenoxy) is 1. The number of hydrogen-bond acceptors (Lipinski definition) is 5. The molecular weight excluding hydrogens is 320 g/mol. The van der Waals surface area contributed by atoms with Gasteiger partial charge in [0.25, 0.3) is 0 Å². The van der Waals surface area contributed by atoms with Crippen molar-refractivity contribution in [3.05, 3.63) is 24.0 Å². The summed E-state index contributed by atoms with van der Waals surface area (Å²) in [6.07, 6.45) is 4.61. The third kappa shape index (κ3) is 3.89. The summed E-state index contributed by atoms with van der Waals surface area (Å²) < 4.78 is 6.95. The van der Waals surface area contributed by atoms with Gasteiger partial charge in [0, 0.05) is 11.7 Å². The Bertz CT molecular complexity index is 744. The van der Waals surface area contributed by atoms with Gasteiger partial charge in [-0.3, -0.25) is 0 Å². The number of carbonyl (C=O) groups is 1. The Morgan fingerprint density at radius 1 is 1.32 bits per heavy atom. The van der Waals surface area contributed by atoms with Crippen LogP contribution in [0.4, 0.5) is 10.5 Å². The Morgan fingerprint density at radius 2 is 2.12 bits per heavy atom. The molecule has 8 nitrogen and oxygen atoms in total. The Hall–Kier alpha value is -2.64. The minimum Gasteiger partial charge on any atom is -0.494 e. The number of carbonyl (C=O) groups excluding carboxylic acids is 1. The number of urea groups is 1. The second-order valence-electron chi connectivity index (χ2n) is 6.49. The van der Waals surface area contributed by atoms with E-state index in [2.05, 4.69) is 33.1 Å². The van der Waals surface area contributed by atoms with Crippen molar-refractivity contribution in [1.29, 1.82) is 0 Å². The molecule has 0 saturated heterocycles. The number of tetrazole rings is 1. The SMILES string of the molecule is COc1ccc(NC(=O)N[C@@H]2CCCC[C@H]2C)cc1-n1nnnc1C. The molecule has 2 aromatic rings. The zero-order valence-electron chi connectivity index (χ0n) is 14.8. The summed E-state index contributed by atoms with van der Waals surface area (Å²) in [4.78, 5) is 12.3. The Balaban J connectivity index is 1.74. The third-order valence-corrected chi connectivity index (χ3v) is 4.72. The van der Waals surface area contributed by atoms with Gasteiger partial charge < -0.3 is 15.4 Å². The lowest BCUT2D eigenvalue weighted by atomic mass is 9.86. The molecule has 134 valence electrons. The van der Waals surface area contributed by atoms with Gasteiger partial charge in [0.2, 0.25) is 0 Å². The molecule has 25 heavy (non-hydrogen) atoms. The van der Waals surface area contributed by atoms with Crippen LogP contribution in [0.3, 0.4) is 0 Å². The zero-order valence-corrected chi connectivity index (χ0v) is 14.8. The Morgan fingerprint density at radius 3 is 2.80 bits per heavy atom. The van der Waals surface area contributed by atoms with Gasteiger partial charge in [-0.15, -0.1) is 5.10 Å². The van der Waals surface area contributed by atoms with Crippen molar-refractivity contribution in [2.75, 3.05) is 12.4 Å². The molecule has 3 rings (SSSR count). The first kappa shape index (κ1) is 17.2. The van der Waals surface area contributed by atoms with E-state index in [9.17, 15) is 4.79 Å². The molecule has 2 amide bonds. The topological polar surface area (TPSA) is 94.0 Å². The number of nitrogens with one attached hydrogen (secondary N) is 2. The van der Waals surface area contributed by atoms with E-state index < -0.39 is 0 Å². The first-order chi connectivity index (χ1) is 12.1. The summed E-state index contributed by atoms with van der Waals surface area (Å²) in [5.41, 5.74) is 1.33. The molecule has 1 aromatic heterocycles. The second kappa shape index (κ2) is 7.50. The van der Waals surface area contributed by atoms with Crippen molar-refractivity contribution >= 4 is 11.7 Å². The number of nitrogens with zero attached hydrogens (tertiary/aromatic N) is 4. The fourth-order valence-corrected chi connectivity index (χ4v) is 3.25. The maximum atomic E-state index is 12.3. The molecule has 0 unspecified atom stereocenters. The molecule has 2 atom stereocenters. The van der Waals surface area contributed by atoms with E-state index in [1.807, 2.05) is 0 Å². The summed E-state index contributed by atoms with van der Waals surface area (Å²) in [7, 11) is 1.59. The monoisotopic (exact) mass is 344 g/mol. The minimum atomic E-state index is -0.191. The van der Waals surface area contributed by atoms with E-state index in [0.29, 0.717) is 28.9 Å². The smallest absolute Gasteiger partial charge is 0.319 e. The Labute approximate surface area is 146 Å². The molecule has 1 aromatic carbocycles. The average Bonchev–Trinajstić information content (AvgIpc) is 3.03. The number of benzene rings is 1. The highest BCUT2D eigenvalue weighted by atomic mass is 16.5. The summed E-state index contributed by atoms with van der Waals surface area (Å²) in [6.45, 7) is 3.99. The Kier molecular flexibility index (Phi) is 5.16. The lowest BCUT2D eigenvalue weighted by Crippen LogP contribution is -2.43. The van der Waals surface area contributed by atoms with Crippen LogP contribution in [0.1, 0.15) is 38.4 Å². The van der Waals surface area contributed by atoms with Crippen molar-refractivity contribution in [3.8, 4) is 11.4 Å². The van der Waals surface area contributed by atoms with Gasteiger partial charge in [-0.2, -0.15) is 4.68 Å². The van der Waals surface area contributed by atoms with E-state index >= 15 is 0 Å². The number of methoxy groups -OCH3 is 1. The standard InChI is InChI=1S/C17H24N6O2/c1-11-6-4-5-7-14(11)19-17(24)18-13-8-9-16(25-3)15(10-13)23-12(2)20-21-22-23/h8-11,14H,4-7H2,1-3H3,(H2,18,19,24)/t11-,14-/m1/s1. The van der Waals surface area contributed by atoms with Crippen LogP contribution < -0.4 is 15.4 Å². The quantitative estimate of drug-likeness (QED) is 0.889. The van der Waals surface area contributed by atoms with Crippen molar-refractivity contribution < 1.29 is 9.53 Å². The highest BCUT2D eigenvalue weighted by Crippen LogP contribution is 2.27. The summed E-state index contributed by atoms with van der Waals surface area (Å²) in [6, 6.07) is 5.42. The maximum Gasteiger partial charge on any atom is 0.319 e. The molecule has 0 bridgehead atoms. The predicted molar refractivity (Wildman–Crippen MR) is 94.0 cm³/mol. The van der Waals surface area contributed by atoms with Crippen LogP contribution in [0.5, 0.6) is 5.75 Å². The number of anilines is 1. The van der Waals surface area contributed by atoms with E-state index in [4.69, 9.17) is 4.74 Å². The molecule has 0 radical (unpaired) electrons. The van der Waals surface area contributed by atoms with Gasteiger partial charge in [-0.1, -0.05) is 19.8 Å². The van der Waals surface area contributed by atoms with E-state index in [-0.39, 0.29) is 12.1 Å². The highest BCUT2D eigenvalue weighted by Gasteiger charge is 2.23. The lowest BCUT2D eigenvalue weighted by molar-refractivity contribution is 0.232. The van der Waals surface area contributed by atoms with Crippen LogP contribution in [-0.4, -0.2) is 39.4 Å². The molecule has 1 aliphatic carbocycles. The van der Waals surface area contributed by atoms with Crippen molar-refractivity contribution in [3.63, 3.8) is 0 Å². The van der Waals surface area contributed by atoms with Gasteiger partial charge in [0.05, 0.1) is 7.11 Å². The first-order valence-corrected chi connectivity index (χ1v) is 8.59. The second-order valence-corrected chi connectivity index (χ2v) is 6.49.